The van der Waals surface area contributed by atoms with Crippen LogP contribution in [0.2, 0.25) is 0 Å². The second-order valence-corrected chi connectivity index (χ2v) is 13.8. The van der Waals surface area contributed by atoms with E-state index in [0.717, 1.165) is 32.1 Å². The molecule has 1 aliphatic rings. The average Bonchev–Trinajstić information content (AvgIpc) is 2.91. The molecule has 0 radical (unpaired) electrons. The number of Topliss-reactive ketones (excluding diaryl/α,β-unsaturated/α-hetero) is 2. The monoisotopic (exact) mass is 574 g/mol. The number of ketones is 2. The van der Waals surface area contributed by atoms with Gasteiger partial charge in [0, 0.05) is 17.9 Å². The quantitative estimate of drug-likeness (QED) is 0.109. The Morgan fingerprint density at radius 2 is 1.29 bits per heavy atom. The van der Waals surface area contributed by atoms with E-state index in [-0.39, 0.29) is 41.0 Å². The number of hydrogen-bond acceptors (Lipinski definition) is 5. The molecule has 1 unspecified atom stereocenters. The highest BCUT2D eigenvalue weighted by molar-refractivity contribution is 6.11. The second-order valence-electron chi connectivity index (χ2n) is 13.8. The van der Waals surface area contributed by atoms with Crippen LogP contribution < -0.4 is 0 Å². The van der Waals surface area contributed by atoms with Crippen molar-refractivity contribution in [2.75, 3.05) is 0 Å². The lowest BCUT2D eigenvalue weighted by Gasteiger charge is -2.39. The van der Waals surface area contributed by atoms with Crippen LogP contribution in [0.25, 0.3) is 0 Å². The molecule has 0 bridgehead atoms. The summed E-state index contributed by atoms with van der Waals surface area (Å²) < 4.78 is 5.98. The molecule has 0 aromatic heterocycles. The predicted molar refractivity (Wildman–Crippen MR) is 170 cm³/mol. The third kappa shape index (κ3) is 11.4. The van der Waals surface area contributed by atoms with Crippen molar-refractivity contribution in [2.45, 2.75) is 159 Å². The molecule has 1 aliphatic carbocycles. The highest BCUT2D eigenvalue weighted by atomic mass is 16.5. The van der Waals surface area contributed by atoms with Crippen LogP contribution >= 0.6 is 0 Å². The maximum atomic E-state index is 14.5. The van der Waals surface area contributed by atoms with Gasteiger partial charge in [0.15, 0.2) is 17.3 Å². The number of allylic oxidation sites excluding steroid dienone is 3. The number of hydrogen-bond donors (Lipinski definition) is 1. The zero-order valence-corrected chi connectivity index (χ0v) is 28.0. The minimum atomic E-state index is -1.16. The number of carbonyl (C=O) groups excluding carboxylic acids is 3. The first-order chi connectivity index (χ1) is 19.3. The van der Waals surface area contributed by atoms with Crippen LogP contribution in [0.3, 0.4) is 0 Å². The van der Waals surface area contributed by atoms with Gasteiger partial charge in [-0.1, -0.05) is 101 Å². The van der Waals surface area contributed by atoms with Crippen LogP contribution in [0.15, 0.2) is 22.7 Å². The van der Waals surface area contributed by atoms with Crippen LogP contribution in [0.1, 0.15) is 159 Å². The number of aliphatic hydroxyl groups excluding tert-OH is 1. The Hall–Kier alpha value is -1.91. The molecule has 0 fully saturated rings. The van der Waals surface area contributed by atoms with Crippen LogP contribution in [-0.2, 0) is 19.1 Å². The van der Waals surface area contributed by atoms with Gasteiger partial charge in [0.25, 0.3) is 0 Å². The smallest absolute Gasteiger partial charge is 0.311 e. The minimum Gasteiger partial charge on any atom is -0.510 e. The number of esters is 1. The molecule has 0 amide bonds. The van der Waals surface area contributed by atoms with E-state index in [9.17, 15) is 19.5 Å². The molecule has 1 N–H and O–H groups in total. The normalized spacial score (nSPS) is 16.3. The van der Waals surface area contributed by atoms with E-state index >= 15 is 0 Å². The molecule has 0 saturated carbocycles. The summed E-state index contributed by atoms with van der Waals surface area (Å²) in [7, 11) is 0. The van der Waals surface area contributed by atoms with Crippen molar-refractivity contribution in [1.82, 2.24) is 0 Å². The molecular formula is C36H62O5. The summed E-state index contributed by atoms with van der Waals surface area (Å²) in [6.07, 6.45) is 12.0. The molecule has 0 heterocycles. The van der Waals surface area contributed by atoms with Crippen molar-refractivity contribution >= 4 is 17.5 Å². The van der Waals surface area contributed by atoms with Crippen molar-refractivity contribution in [3.05, 3.63) is 22.7 Å². The van der Waals surface area contributed by atoms with E-state index in [4.69, 9.17) is 4.74 Å². The predicted octanol–water partition coefficient (Wildman–Crippen LogP) is 10.2. The minimum absolute atomic E-state index is 0.0381. The third-order valence-electron chi connectivity index (χ3n) is 8.68. The third-order valence-corrected chi connectivity index (χ3v) is 8.68. The molecule has 0 aromatic rings. The Morgan fingerprint density at radius 3 is 1.78 bits per heavy atom. The van der Waals surface area contributed by atoms with Gasteiger partial charge >= 0.3 is 5.97 Å². The zero-order valence-electron chi connectivity index (χ0n) is 28.0. The van der Waals surface area contributed by atoms with E-state index < -0.39 is 11.4 Å². The lowest BCUT2D eigenvalue weighted by molar-refractivity contribution is -0.140. The molecule has 236 valence electrons. The van der Waals surface area contributed by atoms with Crippen molar-refractivity contribution in [3.63, 3.8) is 0 Å². The second kappa shape index (κ2) is 18.6. The fourth-order valence-electron chi connectivity index (χ4n) is 5.48. The molecule has 0 aliphatic heterocycles. The number of ether oxygens (including phenoxy) is 1. The van der Waals surface area contributed by atoms with E-state index in [1.165, 1.54) is 25.7 Å². The summed E-state index contributed by atoms with van der Waals surface area (Å²) in [6, 6.07) is 0. The van der Waals surface area contributed by atoms with Crippen molar-refractivity contribution in [1.29, 1.82) is 0 Å². The molecule has 0 spiro atoms. The van der Waals surface area contributed by atoms with Gasteiger partial charge in [-0.3, -0.25) is 14.4 Å². The maximum absolute atomic E-state index is 14.5. The molecule has 0 aromatic carbocycles. The molecule has 5 heteroatoms. The summed E-state index contributed by atoms with van der Waals surface area (Å²) in [5, 5.41) is 12.0. The van der Waals surface area contributed by atoms with Crippen molar-refractivity contribution in [3.8, 4) is 0 Å². The summed E-state index contributed by atoms with van der Waals surface area (Å²) >= 11 is 0. The zero-order chi connectivity index (χ0) is 31.2. The molecular weight excluding hydrogens is 512 g/mol. The lowest BCUT2D eigenvalue weighted by atomic mass is 9.64. The largest absolute Gasteiger partial charge is 0.510 e. The van der Waals surface area contributed by atoms with E-state index in [0.29, 0.717) is 55.4 Å². The first-order valence-electron chi connectivity index (χ1n) is 16.8. The summed E-state index contributed by atoms with van der Waals surface area (Å²) in [5.41, 5.74) is -0.657. The lowest BCUT2D eigenvalue weighted by Crippen LogP contribution is -2.42. The van der Waals surface area contributed by atoms with Gasteiger partial charge in [-0.2, -0.15) is 0 Å². The van der Waals surface area contributed by atoms with Gasteiger partial charge in [0.2, 0.25) is 0 Å². The van der Waals surface area contributed by atoms with E-state index in [1.54, 1.807) is 0 Å². The van der Waals surface area contributed by atoms with E-state index in [2.05, 4.69) is 48.5 Å². The molecule has 1 rings (SSSR count). The van der Waals surface area contributed by atoms with Gasteiger partial charge in [0.05, 0.1) is 11.0 Å². The van der Waals surface area contributed by atoms with Crippen molar-refractivity contribution in [2.24, 2.45) is 29.1 Å². The maximum Gasteiger partial charge on any atom is 0.311 e. The summed E-state index contributed by atoms with van der Waals surface area (Å²) in [4.78, 5) is 41.6. The Bertz CT molecular complexity index is 893. The van der Waals surface area contributed by atoms with Crippen molar-refractivity contribution < 1.29 is 24.2 Å². The van der Waals surface area contributed by atoms with Gasteiger partial charge in [-0.05, 0) is 69.1 Å². The topological polar surface area (TPSA) is 80.7 Å². The van der Waals surface area contributed by atoms with Crippen LogP contribution in [0, 0.1) is 29.1 Å². The Morgan fingerprint density at radius 1 is 0.780 bits per heavy atom. The first kappa shape index (κ1) is 37.1. The van der Waals surface area contributed by atoms with Gasteiger partial charge in [0.1, 0.15) is 5.76 Å². The van der Waals surface area contributed by atoms with Crippen LogP contribution in [0.4, 0.5) is 0 Å². The number of aliphatic hydroxyl groups is 1. The fourth-order valence-corrected chi connectivity index (χ4v) is 5.48. The number of rotatable bonds is 21. The van der Waals surface area contributed by atoms with Gasteiger partial charge in [-0.15, -0.1) is 0 Å². The molecule has 0 saturated heterocycles. The Balaban J connectivity index is 3.58. The molecule has 1 atom stereocenters. The van der Waals surface area contributed by atoms with Gasteiger partial charge < -0.3 is 9.84 Å². The van der Waals surface area contributed by atoms with Gasteiger partial charge in [-0.25, -0.2) is 0 Å². The fraction of sp³-hybridized carbons (Fsp3) is 0.806. The first-order valence-corrected chi connectivity index (χ1v) is 16.8. The van der Waals surface area contributed by atoms with Crippen LogP contribution in [0.5, 0.6) is 0 Å². The van der Waals surface area contributed by atoms with E-state index in [1.807, 2.05) is 13.8 Å². The molecule has 5 nitrogen and oxygen atoms in total. The summed E-state index contributed by atoms with van der Waals surface area (Å²) in [6.45, 7) is 18.6. The molecule has 41 heavy (non-hydrogen) atoms. The highest BCUT2D eigenvalue weighted by Gasteiger charge is 2.51. The number of unbranched alkanes of at least 4 members (excludes halogenated alkanes) is 6. The standard InChI is InChI=1S/C36H62O5/c1-10-12-13-14-15-16-17-18-30(37)41-33-29(20-19-25(3)4)34(39)36(23-21-26(5)6,24-22-27(7)8)35(40)31(33)32(38)28(9)11-2/h25-28,40H,10-24H2,1-9H3. The average molecular weight is 575 g/mol. The highest BCUT2D eigenvalue weighted by Crippen LogP contribution is 2.49. The van der Waals surface area contributed by atoms with Crippen LogP contribution in [-0.4, -0.2) is 22.6 Å². The Labute approximate surface area is 252 Å². The Kier molecular flexibility index (Phi) is 16.8. The number of carbonyl (C=O) groups is 3. The summed E-state index contributed by atoms with van der Waals surface area (Å²) in [5.74, 6) is -0.313. The SMILES string of the molecule is CCCCCCCCCC(=O)OC1=C(CCC(C)C)C(=O)C(CCC(C)C)(CCC(C)C)C(O)=C1C(=O)C(C)CC.